The number of nitrogens with zero attached hydrogens (tertiary/aromatic N) is 2. The Bertz CT molecular complexity index is 532. The van der Waals surface area contributed by atoms with Crippen LogP contribution >= 0.6 is 0 Å². The molecule has 0 atom stereocenters. The SMILES string of the molecule is Cc1cccc(OCc2cnc(N)n2C(C)C)c1. The molecule has 0 unspecified atom stereocenters. The number of benzene rings is 1. The second-order valence-electron chi connectivity index (χ2n) is 4.68. The summed E-state index contributed by atoms with van der Waals surface area (Å²) in [6.45, 7) is 6.68. The number of aryl methyl sites for hydroxylation is 1. The number of imidazole rings is 1. The molecule has 1 aromatic heterocycles. The van der Waals surface area contributed by atoms with Crippen molar-refractivity contribution < 1.29 is 4.74 Å². The summed E-state index contributed by atoms with van der Waals surface area (Å²) in [7, 11) is 0. The van der Waals surface area contributed by atoms with Gasteiger partial charge in [0.1, 0.15) is 12.4 Å². The van der Waals surface area contributed by atoms with Crippen LogP contribution in [0.25, 0.3) is 0 Å². The molecule has 0 fully saturated rings. The van der Waals surface area contributed by atoms with Gasteiger partial charge in [-0.2, -0.15) is 0 Å². The van der Waals surface area contributed by atoms with E-state index < -0.39 is 0 Å². The molecule has 0 aliphatic rings. The molecule has 0 saturated carbocycles. The molecule has 0 saturated heterocycles. The molecule has 2 N–H and O–H groups in total. The molecule has 1 heterocycles. The first-order chi connectivity index (χ1) is 8.58. The van der Waals surface area contributed by atoms with Crippen LogP contribution in [0.1, 0.15) is 31.1 Å². The van der Waals surface area contributed by atoms with Gasteiger partial charge in [0.2, 0.25) is 5.95 Å². The van der Waals surface area contributed by atoms with Gasteiger partial charge < -0.3 is 15.0 Å². The Morgan fingerprint density at radius 1 is 1.39 bits per heavy atom. The lowest BCUT2D eigenvalue weighted by atomic mass is 10.2. The maximum absolute atomic E-state index is 5.83. The molecule has 0 radical (unpaired) electrons. The number of nitrogen functional groups attached to an aromatic ring is 1. The Morgan fingerprint density at radius 2 is 2.17 bits per heavy atom. The van der Waals surface area contributed by atoms with Gasteiger partial charge in [-0.3, -0.25) is 0 Å². The van der Waals surface area contributed by atoms with Crippen molar-refractivity contribution in [2.24, 2.45) is 0 Å². The Morgan fingerprint density at radius 3 is 2.83 bits per heavy atom. The van der Waals surface area contributed by atoms with Gasteiger partial charge in [0.25, 0.3) is 0 Å². The minimum Gasteiger partial charge on any atom is -0.487 e. The fourth-order valence-corrected chi connectivity index (χ4v) is 1.98. The maximum Gasteiger partial charge on any atom is 0.200 e. The molecule has 0 spiro atoms. The summed E-state index contributed by atoms with van der Waals surface area (Å²) in [4.78, 5) is 4.13. The molecule has 0 amide bonds. The van der Waals surface area contributed by atoms with Crippen LogP contribution in [0.4, 0.5) is 5.95 Å². The van der Waals surface area contributed by atoms with Gasteiger partial charge in [-0.15, -0.1) is 0 Å². The van der Waals surface area contributed by atoms with Crippen molar-refractivity contribution in [1.29, 1.82) is 0 Å². The standard InChI is InChI=1S/C14H19N3O/c1-10(2)17-12(8-16-14(17)15)9-18-13-6-4-5-11(3)7-13/h4-8,10H,9H2,1-3H3,(H2,15,16). The van der Waals surface area contributed by atoms with Gasteiger partial charge in [0.15, 0.2) is 0 Å². The van der Waals surface area contributed by atoms with Crippen LogP contribution in [0, 0.1) is 6.92 Å². The monoisotopic (exact) mass is 245 g/mol. The zero-order chi connectivity index (χ0) is 13.1. The van der Waals surface area contributed by atoms with Gasteiger partial charge in [-0.25, -0.2) is 4.98 Å². The summed E-state index contributed by atoms with van der Waals surface area (Å²) in [6, 6.07) is 8.28. The van der Waals surface area contributed by atoms with E-state index in [0.29, 0.717) is 12.6 Å². The van der Waals surface area contributed by atoms with Gasteiger partial charge in [-0.1, -0.05) is 12.1 Å². The summed E-state index contributed by atoms with van der Waals surface area (Å²) in [5.74, 6) is 1.40. The second-order valence-corrected chi connectivity index (χ2v) is 4.68. The highest BCUT2D eigenvalue weighted by atomic mass is 16.5. The Kier molecular flexibility index (Phi) is 3.55. The first kappa shape index (κ1) is 12.5. The highest BCUT2D eigenvalue weighted by Crippen LogP contribution is 2.18. The highest BCUT2D eigenvalue weighted by Gasteiger charge is 2.10. The molecule has 2 rings (SSSR count). The van der Waals surface area contributed by atoms with Crippen molar-refractivity contribution >= 4 is 5.95 Å². The zero-order valence-electron chi connectivity index (χ0n) is 11.1. The van der Waals surface area contributed by atoms with Crippen LogP contribution in [0.2, 0.25) is 0 Å². The van der Waals surface area contributed by atoms with E-state index in [1.165, 1.54) is 5.56 Å². The van der Waals surface area contributed by atoms with E-state index >= 15 is 0 Å². The molecule has 18 heavy (non-hydrogen) atoms. The predicted molar refractivity (Wildman–Crippen MR) is 72.5 cm³/mol. The van der Waals surface area contributed by atoms with Gasteiger partial charge in [0.05, 0.1) is 11.9 Å². The van der Waals surface area contributed by atoms with E-state index in [0.717, 1.165) is 11.4 Å². The summed E-state index contributed by atoms with van der Waals surface area (Å²) in [6.07, 6.45) is 1.77. The number of anilines is 1. The van der Waals surface area contributed by atoms with E-state index in [1.54, 1.807) is 6.20 Å². The van der Waals surface area contributed by atoms with Gasteiger partial charge in [0, 0.05) is 6.04 Å². The van der Waals surface area contributed by atoms with Crippen LogP contribution < -0.4 is 10.5 Å². The minimum absolute atomic E-state index is 0.281. The average molecular weight is 245 g/mol. The van der Waals surface area contributed by atoms with Crippen molar-refractivity contribution in [3.63, 3.8) is 0 Å². The van der Waals surface area contributed by atoms with Crippen LogP contribution in [0.5, 0.6) is 5.75 Å². The maximum atomic E-state index is 5.83. The second kappa shape index (κ2) is 5.12. The minimum atomic E-state index is 0.281. The fourth-order valence-electron chi connectivity index (χ4n) is 1.98. The molecular weight excluding hydrogens is 226 g/mol. The lowest BCUT2D eigenvalue weighted by Gasteiger charge is -2.14. The number of nitrogens with two attached hydrogens (primary N) is 1. The number of hydrogen-bond acceptors (Lipinski definition) is 3. The predicted octanol–water partition coefficient (Wildman–Crippen LogP) is 2.93. The normalized spacial score (nSPS) is 10.9. The van der Waals surface area contributed by atoms with Crippen LogP contribution in [-0.2, 0) is 6.61 Å². The van der Waals surface area contributed by atoms with Crippen molar-refractivity contribution in [3.05, 3.63) is 41.7 Å². The van der Waals surface area contributed by atoms with Crippen molar-refractivity contribution in [2.75, 3.05) is 5.73 Å². The Labute approximate surface area is 107 Å². The van der Waals surface area contributed by atoms with Gasteiger partial charge in [-0.05, 0) is 38.5 Å². The number of ether oxygens (including phenoxy) is 1. The third kappa shape index (κ3) is 2.64. The summed E-state index contributed by atoms with van der Waals surface area (Å²) in [5.41, 5.74) is 8.01. The van der Waals surface area contributed by atoms with E-state index in [9.17, 15) is 0 Å². The van der Waals surface area contributed by atoms with E-state index in [1.807, 2.05) is 35.8 Å². The van der Waals surface area contributed by atoms with E-state index in [-0.39, 0.29) is 6.04 Å². The first-order valence-corrected chi connectivity index (χ1v) is 6.09. The lowest BCUT2D eigenvalue weighted by Crippen LogP contribution is -2.11. The van der Waals surface area contributed by atoms with E-state index in [2.05, 4.69) is 18.8 Å². The molecule has 96 valence electrons. The first-order valence-electron chi connectivity index (χ1n) is 6.09. The zero-order valence-corrected chi connectivity index (χ0v) is 11.1. The molecule has 0 bridgehead atoms. The number of rotatable bonds is 4. The average Bonchev–Trinajstić information content (AvgIpc) is 2.68. The molecule has 0 aliphatic heterocycles. The van der Waals surface area contributed by atoms with Crippen molar-refractivity contribution in [2.45, 2.75) is 33.4 Å². The molecule has 2 aromatic rings. The fraction of sp³-hybridized carbons (Fsp3) is 0.357. The third-order valence-electron chi connectivity index (χ3n) is 2.79. The van der Waals surface area contributed by atoms with Gasteiger partial charge >= 0.3 is 0 Å². The highest BCUT2D eigenvalue weighted by molar-refractivity contribution is 5.28. The van der Waals surface area contributed by atoms with Crippen LogP contribution in [0.15, 0.2) is 30.5 Å². The quantitative estimate of drug-likeness (QED) is 0.901. The molecule has 1 aromatic carbocycles. The summed E-state index contributed by atoms with van der Waals surface area (Å²) in [5, 5.41) is 0. The lowest BCUT2D eigenvalue weighted by molar-refractivity contribution is 0.292. The topological polar surface area (TPSA) is 53.1 Å². The van der Waals surface area contributed by atoms with Crippen molar-refractivity contribution in [3.8, 4) is 5.75 Å². The number of hydrogen-bond donors (Lipinski definition) is 1. The molecule has 4 heteroatoms. The van der Waals surface area contributed by atoms with Crippen molar-refractivity contribution in [1.82, 2.24) is 9.55 Å². The number of aromatic nitrogens is 2. The molecule has 4 nitrogen and oxygen atoms in total. The summed E-state index contributed by atoms with van der Waals surface area (Å²) < 4.78 is 7.74. The largest absolute Gasteiger partial charge is 0.487 e. The molecule has 0 aliphatic carbocycles. The Balaban J connectivity index is 2.11. The molecular formula is C14H19N3O. The van der Waals surface area contributed by atoms with Crippen LogP contribution in [-0.4, -0.2) is 9.55 Å². The smallest absolute Gasteiger partial charge is 0.200 e. The van der Waals surface area contributed by atoms with Crippen LogP contribution in [0.3, 0.4) is 0 Å². The third-order valence-corrected chi connectivity index (χ3v) is 2.79. The van der Waals surface area contributed by atoms with E-state index in [4.69, 9.17) is 10.5 Å². The summed E-state index contributed by atoms with van der Waals surface area (Å²) >= 11 is 0. The Hall–Kier alpha value is -1.97.